The molecule has 0 saturated heterocycles. The Labute approximate surface area is 178 Å². The highest BCUT2D eigenvalue weighted by Gasteiger charge is 2.25. The fourth-order valence-corrected chi connectivity index (χ4v) is 4.14. The molecule has 158 valence electrons. The third-order valence-corrected chi connectivity index (χ3v) is 5.60. The van der Waals surface area contributed by atoms with Crippen molar-refractivity contribution in [2.75, 3.05) is 5.73 Å². The van der Waals surface area contributed by atoms with Gasteiger partial charge in [0.2, 0.25) is 0 Å². The number of benzene rings is 1. The average Bonchev–Trinajstić information content (AvgIpc) is 3.32. The predicted molar refractivity (Wildman–Crippen MR) is 114 cm³/mol. The molecule has 7 nitrogen and oxygen atoms in total. The average molecular weight is 419 g/mol. The fraction of sp³-hybridized carbons (Fsp3) is 0.261. The molecule has 0 aliphatic carbocycles. The second-order valence-corrected chi connectivity index (χ2v) is 7.73. The molecule has 2 bridgehead atoms. The van der Waals surface area contributed by atoms with Crippen molar-refractivity contribution >= 4 is 5.82 Å². The first-order valence-corrected chi connectivity index (χ1v) is 10.2. The third kappa shape index (κ3) is 3.24. The van der Waals surface area contributed by atoms with E-state index in [-0.39, 0.29) is 11.6 Å². The minimum absolute atomic E-state index is 0.264. The normalized spacial score (nSPS) is 15.2. The Kier molecular flexibility index (Phi) is 4.50. The van der Waals surface area contributed by atoms with Gasteiger partial charge in [-0.3, -0.25) is 4.68 Å². The summed E-state index contributed by atoms with van der Waals surface area (Å²) in [6, 6.07) is 6.49. The van der Waals surface area contributed by atoms with Crippen LogP contribution in [-0.4, -0.2) is 19.9 Å². The number of pyridine rings is 1. The Morgan fingerprint density at radius 3 is 2.94 bits per heavy atom. The smallest absolute Gasteiger partial charge is 0.166 e. The summed E-state index contributed by atoms with van der Waals surface area (Å²) in [5.74, 6) is 1.06. The van der Waals surface area contributed by atoms with Gasteiger partial charge >= 0.3 is 0 Å². The van der Waals surface area contributed by atoms with Gasteiger partial charge < -0.3 is 15.0 Å². The molecule has 31 heavy (non-hydrogen) atoms. The number of halogens is 1. The zero-order chi connectivity index (χ0) is 21.7. The van der Waals surface area contributed by atoms with Crippen LogP contribution in [-0.2, 0) is 19.9 Å². The SMILES string of the molecule is CCc1noc2c1-c1cnc(N)c(c1)O[C@H](C)c1cc(F)ccc1-c1nn(C)cc1C2. The summed E-state index contributed by atoms with van der Waals surface area (Å²) in [5, 5.41) is 8.95. The number of fused-ring (bicyclic) bond motifs is 7. The number of nitrogens with two attached hydrogens (primary N) is 1. The van der Waals surface area contributed by atoms with Crippen molar-refractivity contribution < 1.29 is 13.7 Å². The molecule has 0 fully saturated rings. The van der Waals surface area contributed by atoms with E-state index >= 15 is 0 Å². The maximum absolute atomic E-state index is 14.2. The molecule has 4 aromatic rings. The molecule has 0 spiro atoms. The molecule has 0 unspecified atom stereocenters. The lowest BCUT2D eigenvalue weighted by molar-refractivity contribution is 0.227. The Hall–Kier alpha value is -3.68. The molecule has 0 amide bonds. The summed E-state index contributed by atoms with van der Waals surface area (Å²) in [4.78, 5) is 4.33. The van der Waals surface area contributed by atoms with Gasteiger partial charge in [0.05, 0.1) is 11.4 Å². The molecule has 4 heterocycles. The molecular formula is C23H22FN5O2. The molecule has 5 rings (SSSR count). The molecule has 2 N–H and O–H groups in total. The Bertz CT molecular complexity index is 1290. The Balaban J connectivity index is 1.81. The maximum atomic E-state index is 14.2. The zero-order valence-electron chi connectivity index (χ0n) is 17.5. The van der Waals surface area contributed by atoms with Crippen LogP contribution in [0.1, 0.15) is 42.5 Å². The van der Waals surface area contributed by atoms with E-state index in [9.17, 15) is 4.39 Å². The second kappa shape index (κ2) is 7.23. The van der Waals surface area contributed by atoms with Crippen molar-refractivity contribution in [3.8, 4) is 28.1 Å². The van der Waals surface area contributed by atoms with E-state index in [2.05, 4.69) is 15.2 Å². The van der Waals surface area contributed by atoms with Crippen LogP contribution < -0.4 is 10.5 Å². The number of hydrogen-bond acceptors (Lipinski definition) is 6. The number of anilines is 1. The van der Waals surface area contributed by atoms with Gasteiger partial charge in [0.1, 0.15) is 17.7 Å². The van der Waals surface area contributed by atoms with Gasteiger partial charge in [-0.15, -0.1) is 0 Å². The lowest BCUT2D eigenvalue weighted by Crippen LogP contribution is -2.09. The van der Waals surface area contributed by atoms with E-state index in [0.29, 0.717) is 29.9 Å². The van der Waals surface area contributed by atoms with E-state index in [1.165, 1.54) is 12.1 Å². The first-order chi connectivity index (χ1) is 14.9. The van der Waals surface area contributed by atoms with Crippen LogP contribution in [0, 0.1) is 5.82 Å². The number of nitrogen functional groups attached to an aromatic ring is 1. The van der Waals surface area contributed by atoms with E-state index in [1.807, 2.05) is 33.2 Å². The Morgan fingerprint density at radius 2 is 2.13 bits per heavy atom. The van der Waals surface area contributed by atoms with Crippen LogP contribution >= 0.6 is 0 Å². The number of hydrogen-bond donors (Lipinski definition) is 1. The van der Waals surface area contributed by atoms with Gasteiger partial charge in [0, 0.05) is 53.7 Å². The molecular weight excluding hydrogens is 397 g/mol. The van der Waals surface area contributed by atoms with Gasteiger partial charge in [0.25, 0.3) is 0 Å². The predicted octanol–water partition coefficient (Wildman–Crippen LogP) is 4.47. The zero-order valence-corrected chi connectivity index (χ0v) is 17.5. The van der Waals surface area contributed by atoms with E-state index < -0.39 is 6.10 Å². The van der Waals surface area contributed by atoms with Crippen LogP contribution in [0.2, 0.25) is 0 Å². The minimum Gasteiger partial charge on any atom is -0.482 e. The molecule has 1 aliphatic rings. The van der Waals surface area contributed by atoms with Gasteiger partial charge in [-0.1, -0.05) is 12.1 Å². The highest BCUT2D eigenvalue weighted by Crippen LogP contribution is 2.39. The second-order valence-electron chi connectivity index (χ2n) is 7.73. The number of nitrogens with zero attached hydrogens (tertiary/aromatic N) is 4. The summed E-state index contributed by atoms with van der Waals surface area (Å²) in [7, 11) is 1.86. The van der Waals surface area contributed by atoms with E-state index in [4.69, 9.17) is 15.0 Å². The van der Waals surface area contributed by atoms with Crippen molar-refractivity contribution in [2.24, 2.45) is 7.05 Å². The lowest BCUT2D eigenvalue weighted by Gasteiger charge is -2.20. The number of ether oxygens (including phenoxy) is 1. The number of aryl methyl sites for hydroxylation is 2. The summed E-state index contributed by atoms with van der Waals surface area (Å²) in [5.41, 5.74) is 11.8. The molecule has 0 radical (unpaired) electrons. The lowest BCUT2D eigenvalue weighted by atomic mass is 9.94. The van der Waals surface area contributed by atoms with Crippen LogP contribution in [0.4, 0.5) is 10.2 Å². The molecule has 3 aromatic heterocycles. The third-order valence-electron chi connectivity index (χ3n) is 5.60. The number of rotatable bonds is 1. The fourth-order valence-electron chi connectivity index (χ4n) is 4.14. The summed E-state index contributed by atoms with van der Waals surface area (Å²) in [6.07, 6.45) is 4.36. The Morgan fingerprint density at radius 1 is 1.29 bits per heavy atom. The molecule has 1 aliphatic heterocycles. The van der Waals surface area contributed by atoms with Crippen molar-refractivity contribution in [1.29, 1.82) is 0 Å². The van der Waals surface area contributed by atoms with Gasteiger partial charge in [-0.25, -0.2) is 9.37 Å². The first kappa shape index (κ1) is 19.3. The minimum atomic E-state index is -0.480. The quantitative estimate of drug-likeness (QED) is 0.490. The van der Waals surface area contributed by atoms with Crippen molar-refractivity contribution in [3.05, 3.63) is 65.1 Å². The standard InChI is InChI=1S/C23H22FN5O2/c1-4-18-21-13-7-20(23(25)26-10-13)30-12(2)17-9-15(24)5-6-16(17)22-14(11-29(3)27-22)8-19(21)31-28-18/h5-7,9-12H,4,8H2,1-3H3,(H2,25,26)/t12-/m1/s1. The topological polar surface area (TPSA) is 92.0 Å². The summed E-state index contributed by atoms with van der Waals surface area (Å²) < 4.78 is 27.9. The molecule has 8 heteroatoms. The van der Waals surface area contributed by atoms with Crippen molar-refractivity contribution in [1.82, 2.24) is 19.9 Å². The van der Waals surface area contributed by atoms with E-state index in [0.717, 1.165) is 33.6 Å². The summed E-state index contributed by atoms with van der Waals surface area (Å²) >= 11 is 0. The van der Waals surface area contributed by atoms with Gasteiger partial charge in [-0.2, -0.15) is 5.10 Å². The molecule has 1 aromatic carbocycles. The summed E-state index contributed by atoms with van der Waals surface area (Å²) in [6.45, 7) is 3.89. The van der Waals surface area contributed by atoms with Crippen molar-refractivity contribution in [2.45, 2.75) is 32.8 Å². The monoisotopic (exact) mass is 419 g/mol. The number of aromatic nitrogens is 4. The van der Waals surface area contributed by atoms with Gasteiger partial charge in [0.15, 0.2) is 11.6 Å². The highest BCUT2D eigenvalue weighted by atomic mass is 19.1. The van der Waals surface area contributed by atoms with Crippen LogP contribution in [0.25, 0.3) is 22.4 Å². The highest BCUT2D eigenvalue weighted by molar-refractivity contribution is 5.73. The van der Waals surface area contributed by atoms with Crippen molar-refractivity contribution in [3.63, 3.8) is 0 Å². The largest absolute Gasteiger partial charge is 0.482 e. The van der Waals surface area contributed by atoms with E-state index in [1.54, 1.807) is 16.9 Å². The van der Waals surface area contributed by atoms with Crippen LogP contribution in [0.5, 0.6) is 5.75 Å². The first-order valence-electron chi connectivity index (χ1n) is 10.2. The molecule has 0 saturated carbocycles. The maximum Gasteiger partial charge on any atom is 0.166 e. The van der Waals surface area contributed by atoms with Crippen LogP contribution in [0.3, 0.4) is 0 Å². The van der Waals surface area contributed by atoms with Gasteiger partial charge in [-0.05, 0) is 37.6 Å². The molecule has 1 atom stereocenters. The van der Waals surface area contributed by atoms with Crippen LogP contribution in [0.15, 0.2) is 41.2 Å².